The Morgan fingerprint density at radius 3 is 1.92 bits per heavy atom. The number of halogens is 1. The molecule has 0 saturated carbocycles. The zero-order valence-corrected chi connectivity index (χ0v) is 25.3. The van der Waals surface area contributed by atoms with Gasteiger partial charge in [0.05, 0.1) is 0 Å². The first kappa shape index (κ1) is 29.2. The van der Waals surface area contributed by atoms with Crippen LogP contribution in [0.4, 0.5) is 0 Å². The van der Waals surface area contributed by atoms with Crippen molar-refractivity contribution in [1.29, 1.82) is 0 Å². The molecular weight excluding hydrogens is 617 g/mol. The van der Waals surface area contributed by atoms with E-state index in [1.165, 1.54) is 23.3 Å². The number of hydrogen-bond acceptors (Lipinski definition) is 4. The molecule has 2 aliphatic heterocycles. The maximum atomic E-state index is 13.1. The first-order chi connectivity index (χ1) is 18.6. The van der Waals surface area contributed by atoms with E-state index in [4.69, 9.17) is 15.4 Å². The third-order valence-corrected chi connectivity index (χ3v) is 15.6. The van der Waals surface area contributed by atoms with E-state index in [9.17, 15) is 13.2 Å². The van der Waals surface area contributed by atoms with Crippen LogP contribution < -0.4 is 9.79 Å². The molecule has 6 rings (SSSR count). The van der Waals surface area contributed by atoms with Gasteiger partial charge in [-0.25, -0.2) is 0 Å². The monoisotopic (exact) mass is 649 g/mol. The number of nitrogens with two attached hydrogens (primary N) is 1. The van der Waals surface area contributed by atoms with Gasteiger partial charge in [0, 0.05) is 0 Å². The van der Waals surface area contributed by atoms with Crippen molar-refractivity contribution in [2.24, 2.45) is 5.73 Å². The van der Waals surface area contributed by atoms with Crippen molar-refractivity contribution >= 4 is 23.4 Å². The molecule has 0 aromatic heterocycles. The van der Waals surface area contributed by atoms with E-state index in [1.54, 1.807) is 6.07 Å². The van der Waals surface area contributed by atoms with E-state index in [2.05, 4.69) is 49.1 Å². The number of carbonyl (C=O) groups excluding carboxylic acids is 1. The van der Waals surface area contributed by atoms with Crippen molar-refractivity contribution in [3.8, 4) is 0 Å². The number of rotatable bonds is 5. The Bertz CT molecular complexity index is 1530. The van der Waals surface area contributed by atoms with Crippen LogP contribution in [0.1, 0.15) is 69.9 Å². The normalized spacial score (nSPS) is 16.4. The Morgan fingerprint density at radius 1 is 0.795 bits per heavy atom. The molecule has 205 valence electrons. The molecule has 2 bridgehead atoms. The van der Waals surface area contributed by atoms with Crippen molar-refractivity contribution in [2.45, 2.75) is 43.5 Å². The molecule has 2 heterocycles. The van der Waals surface area contributed by atoms with Gasteiger partial charge in [0.2, 0.25) is 0 Å². The van der Waals surface area contributed by atoms with Gasteiger partial charge in [-0.15, -0.1) is 0 Å². The van der Waals surface area contributed by atoms with Crippen molar-refractivity contribution < 1.29 is 27.2 Å². The van der Waals surface area contributed by atoms with Crippen LogP contribution in [0, 0.1) is 6.92 Å². The Labute approximate surface area is 239 Å². The molecule has 0 spiro atoms. The van der Waals surface area contributed by atoms with Gasteiger partial charge >= 0.3 is 178 Å². The maximum absolute atomic E-state index is 13.1. The second kappa shape index (κ2) is 12.6. The third kappa shape index (κ3) is 6.67. The van der Waals surface area contributed by atoms with Gasteiger partial charge in [-0.1, -0.05) is 43.7 Å². The summed E-state index contributed by atoms with van der Waals surface area (Å²) in [4.78, 5) is 12.6. The van der Waals surface area contributed by atoms with Crippen LogP contribution in [0.2, 0.25) is 0 Å². The Morgan fingerprint density at radius 2 is 1.36 bits per heavy atom. The second-order valence-corrected chi connectivity index (χ2v) is 19.4. The van der Waals surface area contributed by atoms with E-state index in [-0.39, 0.29) is 4.90 Å². The summed E-state index contributed by atoms with van der Waals surface area (Å²) in [6.45, 7) is 6.54. The molecule has 0 aliphatic carbocycles. The predicted octanol–water partition coefficient (Wildman–Crippen LogP) is 6.76. The summed E-state index contributed by atoms with van der Waals surface area (Å²) in [6.07, 6.45) is 0. The zero-order chi connectivity index (χ0) is 28.2. The van der Waals surface area contributed by atoms with Gasteiger partial charge in [-0.2, -0.15) is 0 Å². The molecule has 2 aliphatic rings. The molecule has 3 N–H and O–H groups in total. The number of benzene rings is 4. The van der Waals surface area contributed by atoms with Crippen molar-refractivity contribution in [1.82, 2.24) is 4.06 Å². The van der Waals surface area contributed by atoms with Crippen molar-refractivity contribution in [3.63, 3.8) is 0 Å². The molecule has 4 aromatic carbocycles. The van der Waals surface area contributed by atoms with Gasteiger partial charge in [-0.3, -0.25) is 0 Å². The van der Waals surface area contributed by atoms with E-state index < -0.39 is 39.7 Å². The summed E-state index contributed by atoms with van der Waals surface area (Å²) in [5.41, 5.74) is 12.0. The summed E-state index contributed by atoms with van der Waals surface area (Å²) < 4.78 is 28.7. The summed E-state index contributed by atoms with van der Waals surface area (Å²) in [6, 6.07) is 31.8. The number of carbonyl (C=O) groups is 1. The van der Waals surface area contributed by atoms with Crippen LogP contribution in [0.3, 0.4) is 0 Å². The molecule has 0 saturated heterocycles. The molecule has 0 fully saturated rings. The minimum atomic E-state index is -3.86. The Balaban J connectivity index is 0.000000298. The van der Waals surface area contributed by atoms with Crippen molar-refractivity contribution in [3.05, 3.63) is 137 Å². The summed E-state index contributed by atoms with van der Waals surface area (Å²) >= 11 is -3.16. The quantitative estimate of drug-likeness (QED) is 0.234. The van der Waals surface area contributed by atoms with Gasteiger partial charge < -0.3 is 0 Å². The van der Waals surface area contributed by atoms with Crippen LogP contribution in [-0.2, 0) is 21.8 Å². The third-order valence-electron chi connectivity index (χ3n) is 6.63. The van der Waals surface area contributed by atoms with E-state index in [0.717, 1.165) is 11.1 Å². The Hall–Kier alpha value is -2.83. The number of nitrogens with one attached hydrogen (secondary N) is 1. The average Bonchev–Trinajstić information content (AvgIpc) is 2.94. The molecule has 2 atom stereocenters. The summed E-state index contributed by atoms with van der Waals surface area (Å²) in [5.74, 6) is -0.288. The SMILES string of the molecule is Cc1ccc(C(C)C)cc1.N[C@H](c1ccccc1)[C@@H](c1ccccc1)c1cc2ccc1[S](=O)(=O)[Ru]([Cl])[NH]C2=O. The first-order valence-electron chi connectivity index (χ1n) is 12.6. The molecule has 8 heteroatoms. The number of amides is 1. The summed E-state index contributed by atoms with van der Waals surface area (Å²) in [5, 5.41) is 0. The van der Waals surface area contributed by atoms with E-state index in [0.29, 0.717) is 17.0 Å². The second-order valence-electron chi connectivity index (χ2n) is 9.68. The minimum absolute atomic E-state index is 0.135. The average molecular weight is 649 g/mol. The van der Waals surface area contributed by atoms with Crippen LogP contribution in [0.25, 0.3) is 0 Å². The molecule has 39 heavy (non-hydrogen) atoms. The van der Waals surface area contributed by atoms with Crippen molar-refractivity contribution in [2.75, 3.05) is 0 Å². The van der Waals surface area contributed by atoms with Gasteiger partial charge in [0.1, 0.15) is 0 Å². The fourth-order valence-electron chi connectivity index (χ4n) is 4.44. The van der Waals surface area contributed by atoms with Crippen LogP contribution in [0.5, 0.6) is 0 Å². The van der Waals surface area contributed by atoms with Crippen LogP contribution in [-0.4, -0.2) is 14.3 Å². The topological polar surface area (TPSA) is 89.3 Å². The van der Waals surface area contributed by atoms with Crippen LogP contribution >= 0.6 is 9.69 Å². The molecule has 5 nitrogen and oxygen atoms in total. The Kier molecular flexibility index (Phi) is 9.40. The van der Waals surface area contributed by atoms with Gasteiger partial charge in [0.25, 0.3) is 0 Å². The van der Waals surface area contributed by atoms with E-state index >= 15 is 0 Å². The van der Waals surface area contributed by atoms with E-state index in [1.807, 2.05) is 60.7 Å². The predicted molar refractivity (Wildman–Crippen MR) is 154 cm³/mol. The molecule has 4 aromatic rings. The molecular formula is C31H32ClN2O3RuS. The number of aryl methyl sites for hydroxylation is 1. The molecule has 1 amide bonds. The summed E-state index contributed by atoms with van der Waals surface area (Å²) in [7, 11) is 2.33. The zero-order valence-electron chi connectivity index (χ0n) is 22.0. The van der Waals surface area contributed by atoms with Gasteiger partial charge in [0.15, 0.2) is 0 Å². The molecule has 0 radical (unpaired) electrons. The number of hydrogen-bond donors (Lipinski definition) is 2. The number of fused-ring (bicyclic) bond motifs is 5. The standard InChI is InChI=1S/C21H19N2O3S.C10H14.ClH.Ru/c22-20(15-9-5-2-6-10-15)19(14-7-3-1-4-8-14)17-13-16(21(23)24)11-12-18(17)27(25)26;1-8(2)10-6-4-9(3)5-7-10;;/h1-13,19-20H,22H2,(H2,23,24);4-8H,1-3H3;1H;/q;;;+2/p-2/t19-,20+;;;/m0.../s1. The van der Waals surface area contributed by atoms with Crippen LogP contribution in [0.15, 0.2) is 108 Å². The first-order valence-corrected chi connectivity index (χ1v) is 19.2. The fraction of sp³-hybridized carbons (Fsp3) is 0.194. The van der Waals surface area contributed by atoms with Gasteiger partial charge in [-0.05, 0) is 18.4 Å². The fourth-order valence-corrected chi connectivity index (χ4v) is 10.4. The molecule has 0 unspecified atom stereocenters.